The van der Waals surface area contributed by atoms with Crippen LogP contribution in [0.15, 0.2) is 34.8 Å². The molecule has 0 N–H and O–H groups in total. The highest BCUT2D eigenvalue weighted by molar-refractivity contribution is 9.10. The Kier molecular flexibility index (Phi) is 3.86. The molecule has 0 radical (unpaired) electrons. The van der Waals surface area contributed by atoms with E-state index in [0.717, 1.165) is 0 Å². The molecule has 1 rings (SSSR count). The molecule has 0 bridgehead atoms. The van der Waals surface area contributed by atoms with Crippen LogP contribution in [0.1, 0.15) is 12.5 Å². The largest absolute Gasteiger partial charge is 0.310 e. The van der Waals surface area contributed by atoms with Gasteiger partial charge in [0, 0.05) is 17.1 Å². The molecule has 1 amide bonds. The predicted molar refractivity (Wildman–Crippen MR) is 67.1 cm³/mol. The molecular formula is C12H11BrN2O. The average molecular weight is 279 g/mol. The quantitative estimate of drug-likeness (QED) is 0.781. The second kappa shape index (κ2) is 4.95. The summed E-state index contributed by atoms with van der Waals surface area (Å²) in [6.45, 7) is 5.24. The molecule has 0 heterocycles. The molecule has 0 aromatic heterocycles. The van der Waals surface area contributed by atoms with E-state index in [9.17, 15) is 4.79 Å². The average Bonchev–Trinajstić information content (AvgIpc) is 2.26. The third kappa shape index (κ3) is 2.31. The van der Waals surface area contributed by atoms with E-state index in [4.69, 9.17) is 5.26 Å². The second-order valence-corrected chi connectivity index (χ2v) is 4.24. The summed E-state index contributed by atoms with van der Waals surface area (Å²) in [4.78, 5) is 13.1. The number of carbonyl (C=O) groups excluding carboxylic acids is 1. The van der Waals surface area contributed by atoms with Gasteiger partial charge < -0.3 is 4.90 Å². The van der Waals surface area contributed by atoms with Crippen molar-refractivity contribution in [1.82, 2.24) is 0 Å². The summed E-state index contributed by atoms with van der Waals surface area (Å²) in [6, 6.07) is 7.34. The van der Waals surface area contributed by atoms with Gasteiger partial charge in [-0.15, -0.1) is 0 Å². The van der Waals surface area contributed by atoms with Crippen LogP contribution >= 0.6 is 15.9 Å². The molecule has 0 spiro atoms. The van der Waals surface area contributed by atoms with Crippen molar-refractivity contribution in [3.05, 3.63) is 40.4 Å². The number of hydrogen-bond donors (Lipinski definition) is 0. The molecule has 0 atom stereocenters. The smallest absolute Gasteiger partial charge is 0.253 e. The Morgan fingerprint density at radius 2 is 2.19 bits per heavy atom. The number of hydrogen-bond acceptors (Lipinski definition) is 2. The summed E-state index contributed by atoms with van der Waals surface area (Å²) in [5.74, 6) is -0.199. The van der Waals surface area contributed by atoms with Crippen LogP contribution in [0.25, 0.3) is 0 Å². The minimum atomic E-state index is -0.199. The molecule has 0 aliphatic heterocycles. The van der Waals surface area contributed by atoms with Crippen LogP contribution in [0, 0.1) is 11.3 Å². The minimum Gasteiger partial charge on any atom is -0.310 e. The second-order valence-electron chi connectivity index (χ2n) is 3.39. The van der Waals surface area contributed by atoms with Gasteiger partial charge in [0.15, 0.2) is 0 Å². The van der Waals surface area contributed by atoms with Crippen molar-refractivity contribution in [2.45, 2.75) is 6.92 Å². The van der Waals surface area contributed by atoms with Gasteiger partial charge in [0.25, 0.3) is 5.91 Å². The molecule has 0 aliphatic rings. The van der Waals surface area contributed by atoms with E-state index in [1.165, 1.54) is 4.90 Å². The minimum absolute atomic E-state index is 0.199. The van der Waals surface area contributed by atoms with E-state index in [0.29, 0.717) is 21.3 Å². The van der Waals surface area contributed by atoms with Crippen molar-refractivity contribution >= 4 is 27.5 Å². The molecular weight excluding hydrogens is 268 g/mol. The number of benzene rings is 1. The number of nitriles is 1. The van der Waals surface area contributed by atoms with Gasteiger partial charge in [-0.2, -0.15) is 5.26 Å². The maximum Gasteiger partial charge on any atom is 0.253 e. The summed E-state index contributed by atoms with van der Waals surface area (Å²) in [5, 5.41) is 9.03. The van der Waals surface area contributed by atoms with Crippen molar-refractivity contribution in [2.24, 2.45) is 0 Å². The molecule has 16 heavy (non-hydrogen) atoms. The van der Waals surface area contributed by atoms with E-state index >= 15 is 0 Å². The molecule has 0 unspecified atom stereocenters. The van der Waals surface area contributed by atoms with Gasteiger partial charge in [-0.25, -0.2) is 0 Å². The fourth-order valence-electron chi connectivity index (χ4n) is 1.30. The number of nitrogens with zero attached hydrogens (tertiary/aromatic N) is 2. The third-order valence-electron chi connectivity index (χ3n) is 2.13. The lowest BCUT2D eigenvalue weighted by molar-refractivity contribution is -0.114. The molecule has 0 aliphatic carbocycles. The Bertz CT molecular complexity index is 488. The van der Waals surface area contributed by atoms with Gasteiger partial charge in [-0.3, -0.25) is 4.79 Å². The molecule has 82 valence electrons. The Hall–Kier alpha value is -1.60. The Labute approximate surface area is 103 Å². The van der Waals surface area contributed by atoms with Gasteiger partial charge in [-0.1, -0.05) is 12.6 Å². The molecule has 0 saturated carbocycles. The topological polar surface area (TPSA) is 44.1 Å². The Morgan fingerprint density at radius 1 is 1.56 bits per heavy atom. The summed E-state index contributed by atoms with van der Waals surface area (Å²) in [5.41, 5.74) is 1.45. The molecule has 1 aromatic carbocycles. The van der Waals surface area contributed by atoms with E-state index in [1.807, 2.05) is 0 Å². The maximum absolute atomic E-state index is 11.7. The number of rotatable bonds is 2. The van der Waals surface area contributed by atoms with Crippen molar-refractivity contribution in [3.63, 3.8) is 0 Å². The normalized spacial score (nSPS) is 9.38. The SMILES string of the molecule is C=C(C)C(=O)N(C)c1cccc(Br)c1C#N. The van der Waals surface area contributed by atoms with E-state index in [-0.39, 0.29) is 5.91 Å². The summed E-state index contributed by atoms with van der Waals surface area (Å²) >= 11 is 3.28. The fraction of sp³-hybridized carbons (Fsp3) is 0.167. The van der Waals surface area contributed by atoms with Crippen LogP contribution in [-0.2, 0) is 4.79 Å². The zero-order valence-electron chi connectivity index (χ0n) is 9.12. The number of amides is 1. The van der Waals surface area contributed by atoms with E-state index < -0.39 is 0 Å². The lowest BCUT2D eigenvalue weighted by Gasteiger charge is -2.18. The summed E-state index contributed by atoms with van der Waals surface area (Å²) in [7, 11) is 1.62. The van der Waals surface area contributed by atoms with Crippen LogP contribution in [0.4, 0.5) is 5.69 Å². The van der Waals surface area contributed by atoms with Crippen LogP contribution in [0.2, 0.25) is 0 Å². The monoisotopic (exact) mass is 278 g/mol. The van der Waals surface area contributed by atoms with Gasteiger partial charge in [0.05, 0.1) is 11.3 Å². The van der Waals surface area contributed by atoms with Crippen LogP contribution in [0.5, 0.6) is 0 Å². The van der Waals surface area contributed by atoms with Crippen molar-refractivity contribution in [1.29, 1.82) is 5.26 Å². The summed E-state index contributed by atoms with van der Waals surface area (Å²) in [6.07, 6.45) is 0. The highest BCUT2D eigenvalue weighted by Gasteiger charge is 2.16. The van der Waals surface area contributed by atoms with Crippen LogP contribution in [0.3, 0.4) is 0 Å². The van der Waals surface area contributed by atoms with Gasteiger partial charge >= 0.3 is 0 Å². The van der Waals surface area contributed by atoms with E-state index in [1.54, 1.807) is 32.2 Å². The first-order valence-corrected chi connectivity index (χ1v) is 5.40. The predicted octanol–water partition coefficient (Wildman–Crippen LogP) is 2.86. The Balaban J connectivity index is 3.25. The number of anilines is 1. The number of carbonyl (C=O) groups is 1. The fourth-order valence-corrected chi connectivity index (χ4v) is 1.74. The first-order chi connectivity index (χ1) is 7.49. The lowest BCUT2D eigenvalue weighted by Crippen LogP contribution is -2.27. The first-order valence-electron chi connectivity index (χ1n) is 4.61. The molecule has 0 saturated heterocycles. The van der Waals surface area contributed by atoms with Crippen molar-refractivity contribution in [2.75, 3.05) is 11.9 Å². The third-order valence-corrected chi connectivity index (χ3v) is 2.80. The van der Waals surface area contributed by atoms with Gasteiger partial charge in [-0.05, 0) is 35.0 Å². The molecule has 1 aromatic rings. The number of halogens is 1. The van der Waals surface area contributed by atoms with Gasteiger partial charge in [0.2, 0.25) is 0 Å². The van der Waals surface area contributed by atoms with E-state index in [2.05, 4.69) is 28.6 Å². The van der Waals surface area contributed by atoms with Gasteiger partial charge in [0.1, 0.15) is 6.07 Å². The summed E-state index contributed by atoms with van der Waals surface area (Å²) < 4.78 is 0.675. The maximum atomic E-state index is 11.7. The number of likely N-dealkylation sites (N-methyl/N-ethyl adjacent to an activating group) is 1. The molecule has 3 nitrogen and oxygen atoms in total. The van der Waals surface area contributed by atoms with Crippen LogP contribution in [-0.4, -0.2) is 13.0 Å². The lowest BCUT2D eigenvalue weighted by atomic mass is 10.1. The zero-order valence-corrected chi connectivity index (χ0v) is 10.7. The molecule has 0 fully saturated rings. The van der Waals surface area contributed by atoms with Crippen molar-refractivity contribution in [3.8, 4) is 6.07 Å². The Morgan fingerprint density at radius 3 is 2.69 bits per heavy atom. The highest BCUT2D eigenvalue weighted by Crippen LogP contribution is 2.26. The standard InChI is InChI=1S/C12H11BrN2O/c1-8(2)12(16)15(3)11-6-4-5-10(13)9(11)7-14/h4-6H,1H2,2-3H3. The first kappa shape index (κ1) is 12.5. The highest BCUT2D eigenvalue weighted by atomic mass is 79.9. The zero-order chi connectivity index (χ0) is 12.3. The van der Waals surface area contributed by atoms with Crippen molar-refractivity contribution < 1.29 is 4.79 Å². The van der Waals surface area contributed by atoms with Crippen LogP contribution < -0.4 is 4.90 Å². The molecule has 4 heteroatoms.